The molecule has 0 spiro atoms. The highest BCUT2D eigenvalue weighted by molar-refractivity contribution is 6.02. The van der Waals surface area contributed by atoms with E-state index in [2.05, 4.69) is 58.3 Å². The highest BCUT2D eigenvalue weighted by atomic mass is 16.5. The van der Waals surface area contributed by atoms with E-state index in [1.165, 1.54) is 0 Å². The molecule has 0 saturated carbocycles. The van der Waals surface area contributed by atoms with Gasteiger partial charge in [-0.3, -0.25) is 4.98 Å². The van der Waals surface area contributed by atoms with Crippen molar-refractivity contribution >= 4 is 33.7 Å². The first-order valence-electron chi connectivity index (χ1n) is 9.55. The van der Waals surface area contributed by atoms with E-state index in [-0.39, 0.29) is 6.04 Å². The zero-order valence-corrected chi connectivity index (χ0v) is 16.0. The minimum atomic E-state index is 0.252. The van der Waals surface area contributed by atoms with Gasteiger partial charge in [0.25, 0.3) is 0 Å². The third-order valence-corrected chi connectivity index (χ3v) is 5.52. The number of benzene rings is 2. The normalized spacial score (nSPS) is 15.6. The van der Waals surface area contributed by atoms with Crippen LogP contribution in [0.4, 0.5) is 5.69 Å². The lowest BCUT2D eigenvalue weighted by Crippen LogP contribution is -2.21. The van der Waals surface area contributed by atoms with Crippen LogP contribution in [-0.4, -0.2) is 27.7 Å². The molecule has 0 saturated heterocycles. The Labute approximate surface area is 163 Å². The molecule has 1 unspecified atom stereocenters. The number of nitrogens with one attached hydrogen (secondary N) is 1. The number of methoxy groups -OCH3 is 1. The molecule has 3 heterocycles. The molecule has 0 amide bonds. The molecule has 140 valence electrons. The van der Waals surface area contributed by atoms with Crippen molar-refractivity contribution in [3.8, 4) is 5.75 Å². The molecule has 1 N–H and O–H groups in total. The second kappa shape index (κ2) is 6.68. The number of ether oxygens (including phenoxy) is 1. The standard InChI is InChI=1S/C23H22N4O/c1-27-19-12-11-18-17(6-4-14-24-18)23(19)26-21(27)13-10-16-9-8-15-5-3-7-20(28-2)22(15)25-16/h3-9,11-12,14,16,25H,10,13H2,1-2H3. The predicted octanol–water partition coefficient (Wildman–Crippen LogP) is 4.57. The van der Waals surface area contributed by atoms with E-state index in [4.69, 9.17) is 9.72 Å². The number of hydrogen-bond acceptors (Lipinski definition) is 4. The van der Waals surface area contributed by atoms with Crippen LogP contribution in [0.25, 0.3) is 28.0 Å². The highest BCUT2D eigenvalue weighted by Crippen LogP contribution is 2.33. The largest absolute Gasteiger partial charge is 0.495 e. The van der Waals surface area contributed by atoms with Crippen LogP contribution in [0, 0.1) is 0 Å². The maximum absolute atomic E-state index is 5.50. The van der Waals surface area contributed by atoms with E-state index >= 15 is 0 Å². The van der Waals surface area contributed by atoms with E-state index in [0.717, 1.165) is 57.6 Å². The summed E-state index contributed by atoms with van der Waals surface area (Å²) in [5.74, 6) is 1.97. The summed E-state index contributed by atoms with van der Waals surface area (Å²) in [5, 5.41) is 4.72. The first kappa shape index (κ1) is 16.8. The SMILES string of the molecule is COc1cccc2c1NC(CCc1nc3c4cccnc4ccc3n1C)C=C2. The van der Waals surface area contributed by atoms with Crippen molar-refractivity contribution in [2.75, 3.05) is 12.4 Å². The second-order valence-corrected chi connectivity index (χ2v) is 7.16. The van der Waals surface area contributed by atoms with Crippen LogP contribution in [0.1, 0.15) is 17.8 Å². The molecule has 1 aliphatic rings. The van der Waals surface area contributed by atoms with Crippen LogP contribution >= 0.6 is 0 Å². The average Bonchev–Trinajstić information content (AvgIpc) is 3.07. The maximum atomic E-state index is 5.50. The number of rotatable bonds is 4. The maximum Gasteiger partial charge on any atom is 0.142 e. The second-order valence-electron chi connectivity index (χ2n) is 7.16. The summed E-state index contributed by atoms with van der Waals surface area (Å²) < 4.78 is 7.70. The van der Waals surface area contributed by atoms with E-state index < -0.39 is 0 Å². The van der Waals surface area contributed by atoms with Crippen LogP contribution in [0.3, 0.4) is 0 Å². The Bertz CT molecular complexity index is 1210. The van der Waals surface area contributed by atoms with Gasteiger partial charge in [-0.25, -0.2) is 4.98 Å². The molecule has 0 fully saturated rings. The monoisotopic (exact) mass is 370 g/mol. The summed E-state index contributed by atoms with van der Waals surface area (Å²) in [6, 6.07) is 14.6. The van der Waals surface area contributed by atoms with Crippen LogP contribution in [0.15, 0.2) is 54.7 Å². The molecular weight excluding hydrogens is 348 g/mol. The van der Waals surface area contributed by atoms with E-state index in [1.54, 1.807) is 7.11 Å². The fraction of sp³-hybridized carbons (Fsp3) is 0.217. The Morgan fingerprint density at radius 2 is 2.07 bits per heavy atom. The molecular formula is C23H22N4O. The lowest BCUT2D eigenvalue weighted by atomic mass is 10.0. The van der Waals surface area contributed by atoms with Crippen molar-refractivity contribution in [1.82, 2.24) is 14.5 Å². The molecule has 5 rings (SSSR count). The van der Waals surface area contributed by atoms with Gasteiger partial charge < -0.3 is 14.6 Å². The van der Waals surface area contributed by atoms with Crippen molar-refractivity contribution in [2.24, 2.45) is 7.05 Å². The number of aryl methyl sites for hydroxylation is 2. The zero-order chi connectivity index (χ0) is 19.1. The van der Waals surface area contributed by atoms with Gasteiger partial charge in [0.15, 0.2) is 0 Å². The third-order valence-electron chi connectivity index (χ3n) is 5.52. The summed E-state index contributed by atoms with van der Waals surface area (Å²) >= 11 is 0. The van der Waals surface area contributed by atoms with Crippen LogP contribution < -0.4 is 10.1 Å². The third kappa shape index (κ3) is 2.71. The summed E-state index contributed by atoms with van der Waals surface area (Å²) in [6.45, 7) is 0. The number of para-hydroxylation sites is 1. The Balaban J connectivity index is 1.41. The number of fused-ring (bicyclic) bond motifs is 4. The van der Waals surface area contributed by atoms with Gasteiger partial charge in [-0.05, 0) is 36.8 Å². The van der Waals surface area contributed by atoms with Gasteiger partial charge >= 0.3 is 0 Å². The summed E-state index contributed by atoms with van der Waals surface area (Å²) in [4.78, 5) is 9.40. The minimum absolute atomic E-state index is 0.252. The molecule has 2 aromatic carbocycles. The number of anilines is 1. The summed E-state index contributed by atoms with van der Waals surface area (Å²) in [6.07, 6.45) is 8.07. The molecule has 0 aliphatic carbocycles. The first-order chi connectivity index (χ1) is 13.7. The van der Waals surface area contributed by atoms with Crippen molar-refractivity contribution in [2.45, 2.75) is 18.9 Å². The Morgan fingerprint density at radius 1 is 1.14 bits per heavy atom. The number of aromatic nitrogens is 3. The van der Waals surface area contributed by atoms with Gasteiger partial charge in [-0.1, -0.05) is 24.3 Å². The topological polar surface area (TPSA) is 52.0 Å². The fourth-order valence-corrected chi connectivity index (χ4v) is 4.00. The molecule has 4 aromatic rings. The van der Waals surface area contributed by atoms with Crippen LogP contribution in [0.5, 0.6) is 5.75 Å². The van der Waals surface area contributed by atoms with Crippen LogP contribution in [0.2, 0.25) is 0 Å². The quantitative estimate of drug-likeness (QED) is 0.572. The Kier molecular flexibility index (Phi) is 4.01. The van der Waals surface area contributed by atoms with Gasteiger partial charge in [0.05, 0.1) is 29.3 Å². The van der Waals surface area contributed by atoms with Gasteiger partial charge in [0, 0.05) is 36.7 Å². The van der Waals surface area contributed by atoms with Gasteiger partial charge in [-0.2, -0.15) is 0 Å². The molecule has 2 aromatic heterocycles. The molecule has 1 atom stereocenters. The zero-order valence-electron chi connectivity index (χ0n) is 16.0. The summed E-state index contributed by atoms with van der Waals surface area (Å²) in [7, 11) is 3.80. The Morgan fingerprint density at radius 3 is 2.96 bits per heavy atom. The number of pyridine rings is 1. The molecule has 28 heavy (non-hydrogen) atoms. The number of imidazole rings is 1. The average molecular weight is 370 g/mol. The number of hydrogen-bond donors (Lipinski definition) is 1. The molecule has 5 nitrogen and oxygen atoms in total. The highest BCUT2D eigenvalue weighted by Gasteiger charge is 2.18. The van der Waals surface area contributed by atoms with E-state index in [0.29, 0.717) is 0 Å². The molecule has 0 radical (unpaired) electrons. The fourth-order valence-electron chi connectivity index (χ4n) is 4.00. The van der Waals surface area contributed by atoms with Crippen LogP contribution in [-0.2, 0) is 13.5 Å². The first-order valence-corrected chi connectivity index (χ1v) is 9.55. The van der Waals surface area contributed by atoms with Gasteiger partial charge in [0.1, 0.15) is 11.6 Å². The lowest BCUT2D eigenvalue weighted by Gasteiger charge is -2.24. The smallest absolute Gasteiger partial charge is 0.142 e. The Hall–Kier alpha value is -3.34. The van der Waals surface area contributed by atoms with Gasteiger partial charge in [0.2, 0.25) is 0 Å². The van der Waals surface area contributed by atoms with Crippen molar-refractivity contribution < 1.29 is 4.74 Å². The van der Waals surface area contributed by atoms with E-state index in [1.807, 2.05) is 24.4 Å². The molecule has 0 bridgehead atoms. The molecule has 1 aliphatic heterocycles. The van der Waals surface area contributed by atoms with Crippen molar-refractivity contribution in [1.29, 1.82) is 0 Å². The minimum Gasteiger partial charge on any atom is -0.495 e. The predicted molar refractivity (Wildman–Crippen MR) is 114 cm³/mol. The van der Waals surface area contributed by atoms with Gasteiger partial charge in [-0.15, -0.1) is 0 Å². The van der Waals surface area contributed by atoms with E-state index in [9.17, 15) is 0 Å². The molecule has 5 heteroatoms. The lowest BCUT2D eigenvalue weighted by molar-refractivity contribution is 0.416. The van der Waals surface area contributed by atoms with Crippen molar-refractivity contribution in [3.05, 3.63) is 66.1 Å². The summed E-state index contributed by atoms with van der Waals surface area (Å²) in [5.41, 5.74) is 5.40. The number of nitrogens with zero attached hydrogens (tertiary/aromatic N) is 3. The van der Waals surface area contributed by atoms with Crippen molar-refractivity contribution in [3.63, 3.8) is 0 Å².